The molecule has 120 valence electrons. The van der Waals surface area contributed by atoms with Crippen molar-refractivity contribution in [3.05, 3.63) is 69.7 Å². The molecular weight excluding hydrogens is 335 g/mol. The van der Waals surface area contributed by atoms with Crippen LogP contribution in [-0.4, -0.2) is 24.1 Å². The van der Waals surface area contributed by atoms with Crippen molar-refractivity contribution < 1.29 is 9.53 Å². The van der Waals surface area contributed by atoms with Gasteiger partial charge in [-0.25, -0.2) is 4.79 Å². The lowest BCUT2D eigenvalue weighted by Crippen LogP contribution is -2.66. The molecule has 0 saturated carbocycles. The number of hydrogen-bond donors (Lipinski definition) is 1. The van der Waals surface area contributed by atoms with E-state index in [4.69, 9.17) is 33.7 Å². The summed E-state index contributed by atoms with van der Waals surface area (Å²) in [4.78, 5) is 13.6. The molecule has 0 bridgehead atoms. The highest BCUT2D eigenvalue weighted by Gasteiger charge is 2.44. The number of amides is 1. The summed E-state index contributed by atoms with van der Waals surface area (Å²) in [7, 11) is 0. The third-order valence-electron chi connectivity index (χ3n) is 3.90. The highest BCUT2D eigenvalue weighted by atomic mass is 35.5. The highest BCUT2D eigenvalue weighted by Crippen LogP contribution is 2.33. The van der Waals surface area contributed by atoms with E-state index in [-0.39, 0.29) is 12.7 Å². The second-order valence-electron chi connectivity index (χ2n) is 5.68. The van der Waals surface area contributed by atoms with E-state index in [2.05, 4.69) is 0 Å². The first-order valence-electron chi connectivity index (χ1n) is 7.18. The maximum atomic E-state index is 12.0. The van der Waals surface area contributed by atoms with Gasteiger partial charge in [0.05, 0.1) is 15.6 Å². The van der Waals surface area contributed by atoms with Crippen molar-refractivity contribution in [2.75, 3.05) is 13.1 Å². The van der Waals surface area contributed by atoms with Crippen LogP contribution in [0.3, 0.4) is 0 Å². The molecule has 2 aromatic carbocycles. The summed E-state index contributed by atoms with van der Waals surface area (Å²) in [6.07, 6.45) is -0.366. The molecule has 0 radical (unpaired) electrons. The topological polar surface area (TPSA) is 55.6 Å². The molecule has 1 amide bonds. The molecule has 1 heterocycles. The summed E-state index contributed by atoms with van der Waals surface area (Å²) in [6.45, 7) is 1.03. The molecule has 0 aromatic heterocycles. The van der Waals surface area contributed by atoms with Crippen molar-refractivity contribution in [3.63, 3.8) is 0 Å². The smallest absolute Gasteiger partial charge is 0.410 e. The minimum Gasteiger partial charge on any atom is -0.445 e. The Bertz CT molecular complexity index is 716. The van der Waals surface area contributed by atoms with E-state index < -0.39 is 5.54 Å². The van der Waals surface area contributed by atoms with Crippen LogP contribution < -0.4 is 5.73 Å². The van der Waals surface area contributed by atoms with Crippen LogP contribution in [0.5, 0.6) is 0 Å². The summed E-state index contributed by atoms with van der Waals surface area (Å²) in [5, 5.41) is 0.941. The Morgan fingerprint density at radius 3 is 2.48 bits per heavy atom. The maximum Gasteiger partial charge on any atom is 0.410 e. The molecule has 23 heavy (non-hydrogen) atoms. The average Bonchev–Trinajstić information content (AvgIpc) is 2.53. The van der Waals surface area contributed by atoms with Crippen molar-refractivity contribution in [1.82, 2.24) is 4.90 Å². The Morgan fingerprint density at radius 1 is 1.13 bits per heavy atom. The van der Waals surface area contributed by atoms with Crippen LogP contribution in [0.1, 0.15) is 11.1 Å². The number of likely N-dealkylation sites (tertiary alicyclic amines) is 1. The molecule has 0 unspecified atom stereocenters. The molecule has 0 spiro atoms. The van der Waals surface area contributed by atoms with Crippen LogP contribution in [0.25, 0.3) is 0 Å². The van der Waals surface area contributed by atoms with Gasteiger partial charge in [0.15, 0.2) is 0 Å². The Kier molecular flexibility index (Phi) is 4.48. The summed E-state index contributed by atoms with van der Waals surface area (Å²) in [5.41, 5.74) is 7.53. The summed E-state index contributed by atoms with van der Waals surface area (Å²) in [6, 6.07) is 14.8. The zero-order chi connectivity index (χ0) is 16.4. The highest BCUT2D eigenvalue weighted by molar-refractivity contribution is 6.42. The fraction of sp³-hybridized carbons (Fsp3) is 0.235. The Morgan fingerprint density at radius 2 is 1.83 bits per heavy atom. The van der Waals surface area contributed by atoms with Gasteiger partial charge in [-0.2, -0.15) is 0 Å². The van der Waals surface area contributed by atoms with Gasteiger partial charge in [0.1, 0.15) is 6.61 Å². The quantitative estimate of drug-likeness (QED) is 0.915. The van der Waals surface area contributed by atoms with Crippen molar-refractivity contribution in [3.8, 4) is 0 Å². The fourth-order valence-corrected chi connectivity index (χ4v) is 2.86. The standard InChI is InChI=1S/C17H16Cl2N2O2/c18-14-7-6-13(8-15(14)19)17(20)10-21(11-17)16(22)23-9-12-4-2-1-3-5-12/h1-8H,9-11,20H2. The molecule has 0 atom stereocenters. The number of halogens is 2. The second kappa shape index (κ2) is 6.40. The molecule has 1 aliphatic heterocycles. The second-order valence-corrected chi connectivity index (χ2v) is 6.50. The van der Waals surface area contributed by atoms with Gasteiger partial charge in [0.2, 0.25) is 0 Å². The zero-order valence-corrected chi connectivity index (χ0v) is 13.8. The molecular formula is C17H16Cl2N2O2. The molecule has 1 saturated heterocycles. The lowest BCUT2D eigenvalue weighted by atomic mass is 9.84. The zero-order valence-electron chi connectivity index (χ0n) is 12.3. The average molecular weight is 351 g/mol. The number of rotatable bonds is 3. The third-order valence-corrected chi connectivity index (χ3v) is 4.64. The van der Waals surface area contributed by atoms with Gasteiger partial charge in [0.25, 0.3) is 0 Å². The van der Waals surface area contributed by atoms with E-state index >= 15 is 0 Å². The van der Waals surface area contributed by atoms with E-state index in [1.54, 1.807) is 17.0 Å². The summed E-state index contributed by atoms with van der Waals surface area (Å²) >= 11 is 11.9. The maximum absolute atomic E-state index is 12.0. The molecule has 0 aliphatic carbocycles. The first-order valence-corrected chi connectivity index (χ1v) is 7.93. The molecule has 1 aliphatic rings. The monoisotopic (exact) mass is 350 g/mol. The first-order chi connectivity index (χ1) is 11.0. The lowest BCUT2D eigenvalue weighted by Gasteiger charge is -2.47. The molecule has 6 heteroatoms. The van der Waals surface area contributed by atoms with E-state index in [0.29, 0.717) is 23.1 Å². The summed E-state index contributed by atoms with van der Waals surface area (Å²) in [5.74, 6) is 0. The van der Waals surface area contributed by atoms with Gasteiger partial charge in [-0.3, -0.25) is 0 Å². The van der Waals surface area contributed by atoms with Crippen LogP contribution in [0.15, 0.2) is 48.5 Å². The van der Waals surface area contributed by atoms with Crippen molar-refractivity contribution >= 4 is 29.3 Å². The van der Waals surface area contributed by atoms with Gasteiger partial charge >= 0.3 is 6.09 Å². The molecule has 1 fully saturated rings. The van der Waals surface area contributed by atoms with Gasteiger partial charge < -0.3 is 15.4 Å². The van der Waals surface area contributed by atoms with Gasteiger partial charge in [-0.15, -0.1) is 0 Å². The van der Waals surface area contributed by atoms with Crippen molar-refractivity contribution in [2.45, 2.75) is 12.1 Å². The summed E-state index contributed by atoms with van der Waals surface area (Å²) < 4.78 is 5.29. The Labute approximate surface area is 144 Å². The number of benzene rings is 2. The molecule has 3 rings (SSSR count). The predicted octanol–water partition coefficient (Wildman–Crippen LogP) is 3.80. The largest absolute Gasteiger partial charge is 0.445 e. The minimum atomic E-state index is -0.611. The molecule has 2 N–H and O–H groups in total. The molecule has 4 nitrogen and oxygen atoms in total. The molecule has 2 aromatic rings. The first kappa shape index (κ1) is 16.1. The van der Waals surface area contributed by atoms with Crippen LogP contribution in [-0.2, 0) is 16.9 Å². The fourth-order valence-electron chi connectivity index (χ4n) is 2.56. The van der Waals surface area contributed by atoms with Gasteiger partial charge in [-0.1, -0.05) is 59.6 Å². The number of carbonyl (C=O) groups is 1. The van der Waals surface area contributed by atoms with Crippen LogP contribution >= 0.6 is 23.2 Å². The third kappa shape index (κ3) is 3.44. The minimum absolute atomic E-state index is 0.251. The van der Waals surface area contributed by atoms with Gasteiger partial charge in [0, 0.05) is 13.1 Å². The van der Waals surface area contributed by atoms with Crippen LogP contribution in [0.2, 0.25) is 10.0 Å². The van der Waals surface area contributed by atoms with E-state index in [1.165, 1.54) is 0 Å². The number of nitrogens with two attached hydrogens (primary N) is 1. The number of nitrogens with zero attached hydrogens (tertiary/aromatic N) is 1. The lowest BCUT2D eigenvalue weighted by molar-refractivity contribution is 0.0353. The number of carbonyl (C=O) groups excluding carboxylic acids is 1. The Balaban J connectivity index is 1.57. The van der Waals surface area contributed by atoms with Crippen molar-refractivity contribution in [2.24, 2.45) is 5.73 Å². The van der Waals surface area contributed by atoms with Crippen LogP contribution in [0, 0.1) is 0 Å². The number of hydrogen-bond acceptors (Lipinski definition) is 3. The predicted molar refractivity (Wildman–Crippen MR) is 90.5 cm³/mol. The van der Waals surface area contributed by atoms with E-state index in [0.717, 1.165) is 11.1 Å². The Hall–Kier alpha value is -1.75. The number of ether oxygens (including phenoxy) is 1. The van der Waals surface area contributed by atoms with Crippen LogP contribution in [0.4, 0.5) is 4.79 Å². The van der Waals surface area contributed by atoms with E-state index in [9.17, 15) is 4.79 Å². The van der Waals surface area contributed by atoms with E-state index in [1.807, 2.05) is 36.4 Å². The SMILES string of the molecule is NC1(c2ccc(Cl)c(Cl)c2)CN(C(=O)OCc2ccccc2)C1. The normalized spacial score (nSPS) is 15.9. The van der Waals surface area contributed by atoms with Crippen molar-refractivity contribution in [1.29, 1.82) is 0 Å². The van der Waals surface area contributed by atoms with Gasteiger partial charge in [-0.05, 0) is 23.3 Å².